The summed E-state index contributed by atoms with van der Waals surface area (Å²) in [6, 6.07) is 5.73. The lowest BCUT2D eigenvalue weighted by Crippen LogP contribution is -2.20. The van der Waals surface area contributed by atoms with E-state index in [0.29, 0.717) is 5.56 Å². The molecule has 1 aromatic carbocycles. The van der Waals surface area contributed by atoms with Crippen LogP contribution in [0.15, 0.2) is 34.1 Å². The van der Waals surface area contributed by atoms with Crippen LogP contribution in [0.2, 0.25) is 0 Å². The van der Waals surface area contributed by atoms with Crippen molar-refractivity contribution < 1.29 is 4.79 Å². The van der Waals surface area contributed by atoms with E-state index in [9.17, 15) is 9.59 Å². The molecule has 1 aliphatic heterocycles. The smallest absolute Gasteiger partial charge is 0.277 e. The summed E-state index contributed by atoms with van der Waals surface area (Å²) in [4.78, 5) is 25.5. The van der Waals surface area contributed by atoms with E-state index in [-0.39, 0.29) is 22.3 Å². The first-order valence-electron chi connectivity index (χ1n) is 6.46. The zero-order chi connectivity index (χ0) is 14.5. The fourth-order valence-corrected chi connectivity index (χ4v) is 3.77. The van der Waals surface area contributed by atoms with E-state index in [1.54, 1.807) is 7.05 Å². The minimum absolute atomic E-state index is 0.0688. The summed E-state index contributed by atoms with van der Waals surface area (Å²) in [5.74, 6) is 0.800. The second-order valence-corrected chi connectivity index (χ2v) is 6.78. The molecule has 3 rings (SSSR count). The Morgan fingerprint density at radius 2 is 2.15 bits per heavy atom. The quantitative estimate of drug-likeness (QED) is 0.863. The summed E-state index contributed by atoms with van der Waals surface area (Å²) in [5, 5.41) is 2.74. The monoisotopic (exact) mass is 288 g/mol. The van der Waals surface area contributed by atoms with Crippen molar-refractivity contribution in [1.82, 2.24) is 9.78 Å². The van der Waals surface area contributed by atoms with Crippen molar-refractivity contribution in [2.24, 2.45) is 7.05 Å². The molecule has 2 aromatic rings. The standard InChI is InChI=1S/C15H16N2O2S/c1-15(2)8-20-12-5-4-9(6-11(12)15)13(18)10-7-16-17(3)14(10)19/h4-7,16H,8H2,1-3H3. The average Bonchev–Trinajstić information content (AvgIpc) is 2.91. The largest absolute Gasteiger partial charge is 0.302 e. The lowest BCUT2D eigenvalue weighted by molar-refractivity contribution is 0.103. The lowest BCUT2D eigenvalue weighted by atomic mass is 9.85. The SMILES string of the molecule is Cn1[nH]cc(C(=O)c2ccc3c(c2)C(C)(C)CS3)c1=O. The second-order valence-electron chi connectivity index (χ2n) is 5.76. The van der Waals surface area contributed by atoms with Crippen LogP contribution in [0.1, 0.15) is 35.3 Å². The van der Waals surface area contributed by atoms with Gasteiger partial charge in [0.05, 0.1) is 0 Å². The van der Waals surface area contributed by atoms with Crippen LogP contribution in [-0.4, -0.2) is 21.3 Å². The zero-order valence-corrected chi connectivity index (χ0v) is 12.5. The molecule has 1 aliphatic rings. The summed E-state index contributed by atoms with van der Waals surface area (Å²) in [6.07, 6.45) is 1.47. The Bertz CT molecular complexity index is 755. The molecule has 20 heavy (non-hydrogen) atoms. The number of rotatable bonds is 2. The molecule has 0 amide bonds. The Morgan fingerprint density at radius 1 is 1.40 bits per heavy atom. The molecule has 0 radical (unpaired) electrons. The number of nitrogens with one attached hydrogen (secondary N) is 1. The summed E-state index contributed by atoms with van der Waals surface area (Å²) in [7, 11) is 1.60. The molecule has 0 saturated heterocycles. The Balaban J connectivity index is 2.06. The first kappa shape index (κ1) is 13.2. The normalized spacial score (nSPS) is 16.1. The van der Waals surface area contributed by atoms with Gasteiger partial charge in [-0.25, -0.2) is 0 Å². The minimum Gasteiger partial charge on any atom is -0.302 e. The fourth-order valence-electron chi connectivity index (χ4n) is 2.44. The van der Waals surface area contributed by atoms with Crippen LogP contribution in [0.5, 0.6) is 0 Å². The van der Waals surface area contributed by atoms with Crippen molar-refractivity contribution in [1.29, 1.82) is 0 Å². The summed E-state index contributed by atoms with van der Waals surface area (Å²) in [5.41, 5.74) is 1.75. The van der Waals surface area contributed by atoms with Crippen LogP contribution in [0.4, 0.5) is 0 Å². The Morgan fingerprint density at radius 3 is 2.80 bits per heavy atom. The molecule has 1 N–H and O–H groups in total. The lowest BCUT2D eigenvalue weighted by Gasteiger charge is -2.18. The topological polar surface area (TPSA) is 54.9 Å². The van der Waals surface area contributed by atoms with Gasteiger partial charge in [0.15, 0.2) is 5.78 Å². The highest BCUT2D eigenvalue weighted by atomic mass is 32.2. The summed E-state index contributed by atoms with van der Waals surface area (Å²) < 4.78 is 1.31. The van der Waals surface area contributed by atoms with Gasteiger partial charge in [0, 0.05) is 34.9 Å². The number of aryl methyl sites for hydroxylation is 1. The number of aromatic amines is 1. The van der Waals surface area contributed by atoms with E-state index >= 15 is 0 Å². The van der Waals surface area contributed by atoms with Gasteiger partial charge in [0.25, 0.3) is 5.56 Å². The predicted octanol–water partition coefficient (Wildman–Crippen LogP) is 2.33. The van der Waals surface area contributed by atoms with Crippen LogP contribution >= 0.6 is 11.8 Å². The molecule has 0 unspecified atom stereocenters. The first-order chi connectivity index (χ1) is 9.40. The molecule has 0 aliphatic carbocycles. The van der Waals surface area contributed by atoms with Gasteiger partial charge >= 0.3 is 0 Å². The second kappa shape index (κ2) is 4.38. The number of hydrogen-bond donors (Lipinski definition) is 1. The van der Waals surface area contributed by atoms with Crippen molar-refractivity contribution in [3.8, 4) is 0 Å². The zero-order valence-electron chi connectivity index (χ0n) is 11.7. The molecule has 0 bridgehead atoms. The summed E-state index contributed by atoms with van der Waals surface area (Å²) >= 11 is 1.81. The van der Waals surface area contributed by atoms with Crippen LogP contribution in [0.25, 0.3) is 0 Å². The van der Waals surface area contributed by atoms with Gasteiger partial charge in [-0.1, -0.05) is 13.8 Å². The predicted molar refractivity (Wildman–Crippen MR) is 79.7 cm³/mol. The molecule has 0 fully saturated rings. The minimum atomic E-state index is -0.288. The van der Waals surface area contributed by atoms with Crippen LogP contribution < -0.4 is 5.56 Å². The van der Waals surface area contributed by atoms with E-state index in [0.717, 1.165) is 5.75 Å². The van der Waals surface area contributed by atoms with Crippen molar-refractivity contribution >= 4 is 17.5 Å². The van der Waals surface area contributed by atoms with Gasteiger partial charge in [0.2, 0.25) is 0 Å². The number of H-pyrrole nitrogens is 1. The van der Waals surface area contributed by atoms with E-state index in [1.165, 1.54) is 21.3 Å². The molecule has 0 saturated carbocycles. The van der Waals surface area contributed by atoms with Crippen molar-refractivity contribution in [3.05, 3.63) is 51.4 Å². The number of aromatic nitrogens is 2. The first-order valence-corrected chi connectivity index (χ1v) is 7.45. The maximum absolute atomic E-state index is 12.5. The molecule has 2 heterocycles. The van der Waals surface area contributed by atoms with Crippen LogP contribution in [0.3, 0.4) is 0 Å². The number of carbonyl (C=O) groups is 1. The molecule has 4 nitrogen and oxygen atoms in total. The number of nitrogens with zero attached hydrogens (tertiary/aromatic N) is 1. The molecule has 0 atom stereocenters. The van der Waals surface area contributed by atoms with Crippen molar-refractivity contribution in [2.75, 3.05) is 5.75 Å². The Hall–Kier alpha value is -1.75. The molecular weight excluding hydrogens is 272 g/mol. The van der Waals surface area contributed by atoms with Crippen LogP contribution in [0, 0.1) is 0 Å². The van der Waals surface area contributed by atoms with E-state index in [4.69, 9.17) is 0 Å². The summed E-state index contributed by atoms with van der Waals surface area (Å²) in [6.45, 7) is 4.35. The fraction of sp³-hybridized carbons (Fsp3) is 0.333. The van der Waals surface area contributed by atoms with Crippen LogP contribution in [-0.2, 0) is 12.5 Å². The molecule has 5 heteroatoms. The van der Waals surface area contributed by atoms with Gasteiger partial charge in [-0.3, -0.25) is 14.3 Å². The average molecular weight is 288 g/mol. The third-order valence-electron chi connectivity index (χ3n) is 3.74. The van der Waals surface area contributed by atoms with Gasteiger partial charge in [-0.2, -0.15) is 0 Å². The number of thioether (sulfide) groups is 1. The number of ketones is 1. The highest BCUT2D eigenvalue weighted by molar-refractivity contribution is 7.99. The molecule has 0 spiro atoms. The number of carbonyl (C=O) groups excluding carboxylic acids is 1. The molecule has 104 valence electrons. The third kappa shape index (κ3) is 1.93. The van der Waals surface area contributed by atoms with E-state index < -0.39 is 0 Å². The van der Waals surface area contributed by atoms with E-state index in [1.807, 2.05) is 30.0 Å². The number of hydrogen-bond acceptors (Lipinski definition) is 3. The maximum atomic E-state index is 12.5. The highest BCUT2D eigenvalue weighted by Crippen LogP contribution is 2.43. The highest BCUT2D eigenvalue weighted by Gasteiger charge is 2.31. The molecular formula is C15H16N2O2S. The van der Waals surface area contributed by atoms with E-state index in [2.05, 4.69) is 18.9 Å². The maximum Gasteiger partial charge on any atom is 0.277 e. The van der Waals surface area contributed by atoms with Crippen molar-refractivity contribution in [3.63, 3.8) is 0 Å². The van der Waals surface area contributed by atoms with Gasteiger partial charge in [-0.15, -0.1) is 11.8 Å². The number of fused-ring (bicyclic) bond motifs is 1. The number of benzene rings is 1. The van der Waals surface area contributed by atoms with Gasteiger partial charge in [0.1, 0.15) is 5.56 Å². The Labute approximate surface area is 121 Å². The molecule has 1 aromatic heterocycles. The Kier molecular flexibility index (Phi) is 2.90. The van der Waals surface area contributed by atoms with Gasteiger partial charge in [-0.05, 0) is 23.8 Å². The third-order valence-corrected chi connectivity index (χ3v) is 5.27. The van der Waals surface area contributed by atoms with Gasteiger partial charge < -0.3 is 5.10 Å². The van der Waals surface area contributed by atoms with Crippen molar-refractivity contribution in [2.45, 2.75) is 24.2 Å².